The summed E-state index contributed by atoms with van der Waals surface area (Å²) in [5, 5.41) is 18.3. The molecule has 0 radical (unpaired) electrons. The van der Waals surface area contributed by atoms with Crippen LogP contribution in [0.25, 0.3) is 0 Å². The van der Waals surface area contributed by atoms with E-state index in [0.29, 0.717) is 18.8 Å². The van der Waals surface area contributed by atoms with Gasteiger partial charge >= 0.3 is 12.0 Å². The number of nitrogens with one attached hydrogen (secondary N) is 2. The molecule has 1 saturated heterocycles. The molecular weight excluding hydrogens is 238 g/mol. The first kappa shape index (κ1) is 12.4. The summed E-state index contributed by atoms with van der Waals surface area (Å²) >= 11 is 0. The first-order valence-corrected chi connectivity index (χ1v) is 5.66. The molecule has 0 aliphatic carbocycles. The molecule has 0 spiro atoms. The van der Waals surface area contributed by atoms with Gasteiger partial charge in [-0.1, -0.05) is 0 Å². The number of carbonyl (C=O) groups is 2. The van der Waals surface area contributed by atoms with Gasteiger partial charge < -0.3 is 20.6 Å². The Balaban J connectivity index is 1.90. The number of carboxylic acids is 1. The lowest BCUT2D eigenvalue weighted by atomic mass is 10.4. The molecule has 1 aliphatic heterocycles. The molecule has 2 amide bonds. The Morgan fingerprint density at radius 1 is 1.44 bits per heavy atom. The minimum Gasteiger partial charge on any atom is -0.480 e. The molecule has 1 fully saturated rings. The number of rotatable bonds is 3. The second-order valence-corrected chi connectivity index (χ2v) is 3.99. The number of hydrogen-bond donors (Lipinski definition) is 3. The van der Waals surface area contributed by atoms with Crippen molar-refractivity contribution in [2.75, 3.05) is 31.5 Å². The van der Waals surface area contributed by atoms with Crippen LogP contribution in [0.2, 0.25) is 0 Å². The van der Waals surface area contributed by atoms with Crippen molar-refractivity contribution in [1.29, 1.82) is 0 Å². The van der Waals surface area contributed by atoms with Crippen molar-refractivity contribution in [1.82, 2.24) is 20.0 Å². The zero-order chi connectivity index (χ0) is 13.0. The first-order chi connectivity index (χ1) is 8.65. The molecule has 0 unspecified atom stereocenters. The van der Waals surface area contributed by atoms with Crippen LogP contribution in [-0.2, 0) is 11.3 Å². The van der Waals surface area contributed by atoms with E-state index in [1.165, 1.54) is 17.1 Å². The lowest BCUT2D eigenvalue weighted by Crippen LogP contribution is -2.48. The number of amides is 2. The predicted octanol–water partition coefficient (Wildman–Crippen LogP) is -0.595. The van der Waals surface area contributed by atoms with Gasteiger partial charge in [-0.2, -0.15) is 5.10 Å². The highest BCUT2D eigenvalue weighted by molar-refractivity contribution is 5.89. The zero-order valence-electron chi connectivity index (χ0n) is 9.80. The Morgan fingerprint density at radius 3 is 2.83 bits per heavy atom. The molecular formula is C10H15N5O3. The highest BCUT2D eigenvalue weighted by atomic mass is 16.4. The number of urea groups is 1. The first-order valence-electron chi connectivity index (χ1n) is 5.66. The van der Waals surface area contributed by atoms with Crippen molar-refractivity contribution in [3.8, 4) is 0 Å². The third kappa shape index (κ3) is 3.20. The molecule has 2 heterocycles. The van der Waals surface area contributed by atoms with Crippen LogP contribution in [0.4, 0.5) is 10.5 Å². The molecule has 98 valence electrons. The van der Waals surface area contributed by atoms with Crippen LogP contribution in [0.3, 0.4) is 0 Å². The van der Waals surface area contributed by atoms with Crippen molar-refractivity contribution in [2.45, 2.75) is 6.54 Å². The van der Waals surface area contributed by atoms with Gasteiger partial charge in [-0.25, -0.2) is 4.79 Å². The topological polar surface area (TPSA) is 99.5 Å². The van der Waals surface area contributed by atoms with Crippen LogP contribution < -0.4 is 10.6 Å². The summed E-state index contributed by atoms with van der Waals surface area (Å²) in [4.78, 5) is 24.0. The number of piperazine rings is 1. The van der Waals surface area contributed by atoms with Crippen LogP contribution in [0.1, 0.15) is 0 Å². The summed E-state index contributed by atoms with van der Waals surface area (Å²) in [5.41, 5.74) is 0.500. The van der Waals surface area contributed by atoms with Gasteiger partial charge in [0, 0.05) is 32.4 Å². The van der Waals surface area contributed by atoms with E-state index < -0.39 is 5.97 Å². The van der Waals surface area contributed by atoms with Gasteiger partial charge in [-0.3, -0.25) is 9.48 Å². The van der Waals surface area contributed by atoms with Crippen LogP contribution >= 0.6 is 0 Å². The van der Waals surface area contributed by atoms with Crippen molar-refractivity contribution in [2.24, 2.45) is 0 Å². The van der Waals surface area contributed by atoms with Gasteiger partial charge in [0.1, 0.15) is 6.54 Å². The third-order valence-corrected chi connectivity index (χ3v) is 2.59. The van der Waals surface area contributed by atoms with Crippen molar-refractivity contribution < 1.29 is 14.7 Å². The molecule has 0 saturated carbocycles. The van der Waals surface area contributed by atoms with Gasteiger partial charge in [0.15, 0.2) is 0 Å². The van der Waals surface area contributed by atoms with Crippen molar-refractivity contribution >= 4 is 17.7 Å². The lowest BCUT2D eigenvalue weighted by molar-refractivity contribution is -0.137. The van der Waals surface area contributed by atoms with E-state index in [-0.39, 0.29) is 12.6 Å². The molecule has 18 heavy (non-hydrogen) atoms. The zero-order valence-corrected chi connectivity index (χ0v) is 9.80. The monoisotopic (exact) mass is 253 g/mol. The number of carboxylic acid groups (broad SMARTS) is 1. The maximum atomic E-state index is 11.8. The van der Waals surface area contributed by atoms with E-state index in [4.69, 9.17) is 5.11 Å². The smallest absolute Gasteiger partial charge is 0.325 e. The van der Waals surface area contributed by atoms with Crippen LogP contribution in [-0.4, -0.2) is 58.0 Å². The van der Waals surface area contributed by atoms with Gasteiger partial charge in [0.25, 0.3) is 0 Å². The number of aliphatic carboxylic acids is 1. The summed E-state index contributed by atoms with van der Waals surface area (Å²) in [6.07, 6.45) is 2.93. The Morgan fingerprint density at radius 2 is 2.17 bits per heavy atom. The fourth-order valence-electron chi connectivity index (χ4n) is 1.72. The number of hydrogen-bond acceptors (Lipinski definition) is 4. The molecule has 8 heteroatoms. The maximum Gasteiger partial charge on any atom is 0.325 e. The molecule has 0 bridgehead atoms. The molecule has 0 aromatic carbocycles. The average Bonchev–Trinajstić information content (AvgIpc) is 2.76. The van der Waals surface area contributed by atoms with E-state index in [2.05, 4.69) is 15.7 Å². The van der Waals surface area contributed by atoms with E-state index in [1.807, 2.05) is 0 Å². The molecule has 8 nitrogen and oxygen atoms in total. The lowest BCUT2D eigenvalue weighted by Gasteiger charge is -2.27. The van der Waals surface area contributed by atoms with Gasteiger partial charge in [-0.05, 0) is 0 Å². The molecule has 2 rings (SSSR count). The minimum atomic E-state index is -0.974. The third-order valence-electron chi connectivity index (χ3n) is 2.59. The van der Waals surface area contributed by atoms with E-state index in [0.717, 1.165) is 13.1 Å². The van der Waals surface area contributed by atoms with E-state index in [1.54, 1.807) is 4.90 Å². The summed E-state index contributed by atoms with van der Waals surface area (Å²) in [6.45, 7) is 2.67. The Hall–Kier alpha value is -2.09. The van der Waals surface area contributed by atoms with E-state index >= 15 is 0 Å². The largest absolute Gasteiger partial charge is 0.480 e. The van der Waals surface area contributed by atoms with Gasteiger partial charge in [-0.15, -0.1) is 0 Å². The molecule has 1 aromatic heterocycles. The normalized spacial score (nSPS) is 15.4. The summed E-state index contributed by atoms with van der Waals surface area (Å²) < 4.78 is 1.26. The van der Waals surface area contributed by atoms with Crippen LogP contribution in [0, 0.1) is 0 Å². The number of carbonyl (C=O) groups excluding carboxylic acids is 1. The Bertz CT molecular complexity index is 438. The average molecular weight is 253 g/mol. The second kappa shape index (κ2) is 5.50. The number of aromatic nitrogens is 2. The quantitative estimate of drug-likeness (QED) is 0.668. The molecule has 0 atom stereocenters. The highest BCUT2D eigenvalue weighted by Gasteiger charge is 2.16. The summed E-state index contributed by atoms with van der Waals surface area (Å²) in [5.74, 6) is -0.974. The van der Waals surface area contributed by atoms with Gasteiger partial charge in [0.2, 0.25) is 0 Å². The summed E-state index contributed by atoms with van der Waals surface area (Å²) in [7, 11) is 0. The van der Waals surface area contributed by atoms with E-state index in [9.17, 15) is 9.59 Å². The van der Waals surface area contributed by atoms with Crippen LogP contribution in [0.15, 0.2) is 12.4 Å². The van der Waals surface area contributed by atoms with Crippen LogP contribution in [0.5, 0.6) is 0 Å². The molecule has 1 aliphatic rings. The number of anilines is 1. The fraction of sp³-hybridized carbons (Fsp3) is 0.500. The second-order valence-electron chi connectivity index (χ2n) is 3.99. The standard InChI is InChI=1S/C10H15N5O3/c16-9(17)7-15-6-8(5-12-15)13-10(18)14-3-1-11-2-4-14/h5-6,11H,1-4,7H2,(H,13,18)(H,16,17). The maximum absolute atomic E-state index is 11.8. The minimum absolute atomic E-state index is 0.189. The predicted molar refractivity (Wildman–Crippen MR) is 63.3 cm³/mol. The van der Waals surface area contributed by atoms with Crippen molar-refractivity contribution in [3.63, 3.8) is 0 Å². The number of nitrogens with zero attached hydrogens (tertiary/aromatic N) is 3. The summed E-state index contributed by atoms with van der Waals surface area (Å²) in [6, 6.07) is -0.189. The SMILES string of the molecule is O=C(O)Cn1cc(NC(=O)N2CCNCC2)cn1. The van der Waals surface area contributed by atoms with Gasteiger partial charge in [0.05, 0.1) is 11.9 Å². The Kier molecular flexibility index (Phi) is 3.78. The highest BCUT2D eigenvalue weighted by Crippen LogP contribution is 2.06. The molecule has 3 N–H and O–H groups in total. The Labute approximate surface area is 104 Å². The van der Waals surface area contributed by atoms with Crippen molar-refractivity contribution in [3.05, 3.63) is 12.4 Å². The fourth-order valence-corrected chi connectivity index (χ4v) is 1.72. The molecule has 1 aromatic rings.